The van der Waals surface area contributed by atoms with Crippen molar-refractivity contribution in [1.82, 2.24) is 9.88 Å². The highest BCUT2D eigenvalue weighted by atomic mass is 32.1. The fourth-order valence-corrected chi connectivity index (χ4v) is 5.35. The Morgan fingerprint density at radius 3 is 2.47 bits per heavy atom. The number of fused-ring (bicyclic) bond motifs is 1. The number of carbonyl (C=O) groups excluding carboxylic acids is 1. The van der Waals surface area contributed by atoms with Crippen LogP contribution < -0.4 is 14.2 Å². The Morgan fingerprint density at radius 2 is 1.83 bits per heavy atom. The maximum Gasteiger partial charge on any atom is 0.227 e. The molecule has 1 aliphatic rings. The number of ether oxygens (including phenoxy) is 3. The minimum absolute atomic E-state index is 0.144. The van der Waals surface area contributed by atoms with Gasteiger partial charge in [0.2, 0.25) is 11.7 Å². The van der Waals surface area contributed by atoms with Gasteiger partial charge in [-0.05, 0) is 59.3 Å². The Balaban J connectivity index is 1.66. The lowest BCUT2D eigenvalue weighted by molar-refractivity contribution is -0.131. The van der Waals surface area contributed by atoms with Crippen LogP contribution in [0.2, 0.25) is 0 Å². The average molecular weight is 503 g/mol. The van der Waals surface area contributed by atoms with Crippen LogP contribution in [0, 0.1) is 6.92 Å². The molecule has 0 atom stereocenters. The third-order valence-electron chi connectivity index (χ3n) is 6.69. The summed E-state index contributed by atoms with van der Waals surface area (Å²) in [5.41, 5.74) is 5.82. The number of hydrogen-bond donors (Lipinski definition) is 0. The van der Waals surface area contributed by atoms with E-state index in [1.165, 1.54) is 0 Å². The fraction of sp³-hybridized carbons (Fsp3) is 0.310. The molecule has 186 valence electrons. The van der Waals surface area contributed by atoms with Crippen LogP contribution >= 0.6 is 11.3 Å². The molecule has 1 amide bonds. The highest BCUT2D eigenvalue weighted by Gasteiger charge is 2.33. The molecule has 4 aromatic rings. The van der Waals surface area contributed by atoms with E-state index in [0.717, 1.165) is 51.7 Å². The predicted octanol–water partition coefficient (Wildman–Crippen LogP) is 6.03. The Morgan fingerprint density at radius 1 is 1.06 bits per heavy atom. The number of amides is 1. The molecule has 1 aliphatic carbocycles. The lowest BCUT2D eigenvalue weighted by atomic mass is 9.98. The molecule has 1 saturated carbocycles. The van der Waals surface area contributed by atoms with Crippen molar-refractivity contribution in [3.05, 3.63) is 69.9 Å². The van der Waals surface area contributed by atoms with E-state index in [4.69, 9.17) is 19.2 Å². The maximum atomic E-state index is 13.4. The molecule has 2 heterocycles. The van der Waals surface area contributed by atoms with Gasteiger partial charge in [-0.2, -0.15) is 11.3 Å². The first-order chi connectivity index (χ1) is 17.5. The summed E-state index contributed by atoms with van der Waals surface area (Å²) in [6.07, 6.45) is 2.48. The van der Waals surface area contributed by atoms with Crippen molar-refractivity contribution in [3.63, 3.8) is 0 Å². The van der Waals surface area contributed by atoms with Crippen LogP contribution in [0.1, 0.15) is 29.5 Å². The molecule has 0 unspecified atom stereocenters. The summed E-state index contributed by atoms with van der Waals surface area (Å²) in [5, 5.41) is 4.88. The SMILES string of the molecule is COc1cc2nc(-c3ccccc3C)c(CN(C(=O)Cc3ccsc3)C3CC3)cc2c(OC)c1OC. The summed E-state index contributed by atoms with van der Waals surface area (Å²) in [6.45, 7) is 2.57. The van der Waals surface area contributed by atoms with Crippen molar-refractivity contribution in [2.75, 3.05) is 21.3 Å². The zero-order chi connectivity index (χ0) is 25.2. The van der Waals surface area contributed by atoms with Crippen LogP contribution in [0.15, 0.2) is 53.2 Å². The number of aromatic nitrogens is 1. The van der Waals surface area contributed by atoms with Crippen LogP contribution in [0.5, 0.6) is 17.2 Å². The van der Waals surface area contributed by atoms with E-state index in [2.05, 4.69) is 25.1 Å². The molecule has 6 nitrogen and oxygen atoms in total. The van der Waals surface area contributed by atoms with Crippen molar-refractivity contribution in [3.8, 4) is 28.5 Å². The van der Waals surface area contributed by atoms with Gasteiger partial charge >= 0.3 is 0 Å². The van der Waals surface area contributed by atoms with Gasteiger partial charge in [-0.3, -0.25) is 4.79 Å². The molecule has 0 aliphatic heterocycles. The quantitative estimate of drug-likeness (QED) is 0.280. The summed E-state index contributed by atoms with van der Waals surface area (Å²) < 4.78 is 17.0. The number of rotatable bonds is 9. The second kappa shape index (κ2) is 10.2. The monoisotopic (exact) mass is 502 g/mol. The molecule has 2 aromatic carbocycles. The predicted molar refractivity (Wildman–Crippen MR) is 143 cm³/mol. The zero-order valence-electron chi connectivity index (χ0n) is 21.0. The molecule has 0 spiro atoms. The first-order valence-electron chi connectivity index (χ1n) is 12.0. The molecule has 5 rings (SSSR count). The normalized spacial score (nSPS) is 13.0. The highest BCUT2D eigenvalue weighted by molar-refractivity contribution is 7.08. The number of thiophene rings is 1. The molecule has 0 N–H and O–H groups in total. The van der Waals surface area contributed by atoms with Crippen LogP contribution in [0.4, 0.5) is 0 Å². The number of carbonyl (C=O) groups is 1. The summed E-state index contributed by atoms with van der Waals surface area (Å²) in [6, 6.07) is 14.5. The van der Waals surface area contributed by atoms with E-state index in [-0.39, 0.29) is 11.9 Å². The van der Waals surface area contributed by atoms with E-state index >= 15 is 0 Å². The molecule has 7 heteroatoms. The van der Waals surface area contributed by atoms with Crippen molar-refractivity contribution < 1.29 is 19.0 Å². The summed E-state index contributed by atoms with van der Waals surface area (Å²) in [5.74, 6) is 1.80. The van der Waals surface area contributed by atoms with Gasteiger partial charge in [0.05, 0.1) is 39.0 Å². The molecule has 0 saturated heterocycles. The van der Waals surface area contributed by atoms with Gasteiger partial charge < -0.3 is 19.1 Å². The third kappa shape index (κ3) is 4.63. The summed E-state index contributed by atoms with van der Waals surface area (Å²) in [4.78, 5) is 20.6. The molecular formula is C29H30N2O4S. The summed E-state index contributed by atoms with van der Waals surface area (Å²) >= 11 is 1.62. The zero-order valence-corrected chi connectivity index (χ0v) is 21.9. The smallest absolute Gasteiger partial charge is 0.227 e. The molecule has 36 heavy (non-hydrogen) atoms. The van der Waals surface area contributed by atoms with Gasteiger partial charge in [0.15, 0.2) is 11.5 Å². The minimum atomic E-state index is 0.144. The fourth-order valence-electron chi connectivity index (χ4n) is 4.68. The van der Waals surface area contributed by atoms with Crippen LogP contribution in [0.25, 0.3) is 22.2 Å². The first-order valence-corrected chi connectivity index (χ1v) is 13.0. The van der Waals surface area contributed by atoms with Gasteiger partial charge in [-0.1, -0.05) is 24.3 Å². The molecule has 1 fully saturated rings. The van der Waals surface area contributed by atoms with E-state index in [1.54, 1.807) is 32.7 Å². The second-order valence-corrected chi connectivity index (χ2v) is 9.86. The number of aryl methyl sites for hydroxylation is 1. The molecule has 0 radical (unpaired) electrons. The average Bonchev–Trinajstić information content (AvgIpc) is 3.61. The second-order valence-electron chi connectivity index (χ2n) is 9.08. The van der Waals surface area contributed by atoms with Gasteiger partial charge in [0.25, 0.3) is 0 Å². The number of nitrogens with zero attached hydrogens (tertiary/aromatic N) is 2. The molecule has 0 bridgehead atoms. The van der Waals surface area contributed by atoms with Gasteiger partial charge in [0, 0.05) is 29.6 Å². The van der Waals surface area contributed by atoms with Gasteiger partial charge in [-0.25, -0.2) is 4.98 Å². The Bertz CT molecular complexity index is 1400. The van der Waals surface area contributed by atoms with E-state index in [0.29, 0.717) is 30.2 Å². The third-order valence-corrected chi connectivity index (χ3v) is 7.42. The number of pyridine rings is 1. The Kier molecular flexibility index (Phi) is 6.83. The van der Waals surface area contributed by atoms with Crippen molar-refractivity contribution in [2.45, 2.75) is 38.8 Å². The minimum Gasteiger partial charge on any atom is -0.493 e. The molecule has 2 aromatic heterocycles. The van der Waals surface area contributed by atoms with E-state index in [1.807, 2.05) is 39.9 Å². The number of hydrogen-bond acceptors (Lipinski definition) is 6. The topological polar surface area (TPSA) is 60.9 Å². The van der Waals surface area contributed by atoms with E-state index < -0.39 is 0 Å². The molecular weight excluding hydrogens is 472 g/mol. The maximum absolute atomic E-state index is 13.4. The lowest BCUT2D eigenvalue weighted by Crippen LogP contribution is -2.34. The standard InChI is InChI=1S/C29H30N2O4S/c1-18-7-5-6-8-22(18)27-20(16-31(21-9-10-21)26(32)13-19-11-12-36-17-19)14-23-24(30-27)15-25(33-2)29(35-4)28(23)34-3/h5-8,11-12,14-15,17,21H,9-10,13,16H2,1-4H3. The highest BCUT2D eigenvalue weighted by Crippen LogP contribution is 2.44. The van der Waals surface area contributed by atoms with Crippen molar-refractivity contribution >= 4 is 28.1 Å². The lowest BCUT2D eigenvalue weighted by Gasteiger charge is -2.25. The first kappa shape index (κ1) is 24.1. The van der Waals surface area contributed by atoms with Crippen molar-refractivity contribution in [1.29, 1.82) is 0 Å². The largest absolute Gasteiger partial charge is 0.493 e. The number of benzene rings is 2. The van der Waals surface area contributed by atoms with Crippen LogP contribution in [0.3, 0.4) is 0 Å². The van der Waals surface area contributed by atoms with Crippen LogP contribution in [-0.2, 0) is 17.8 Å². The number of methoxy groups -OCH3 is 3. The summed E-state index contributed by atoms with van der Waals surface area (Å²) in [7, 11) is 4.82. The van der Waals surface area contributed by atoms with Gasteiger partial charge in [-0.15, -0.1) is 0 Å². The Hall–Kier alpha value is -3.58. The van der Waals surface area contributed by atoms with Crippen molar-refractivity contribution in [2.24, 2.45) is 0 Å². The van der Waals surface area contributed by atoms with E-state index in [9.17, 15) is 4.79 Å². The van der Waals surface area contributed by atoms with Crippen LogP contribution in [-0.4, -0.2) is 43.2 Å². The Labute approximate surface area is 215 Å². The van der Waals surface area contributed by atoms with Gasteiger partial charge in [0.1, 0.15) is 0 Å².